The van der Waals surface area contributed by atoms with Gasteiger partial charge in [0.1, 0.15) is 11.9 Å². The topological polar surface area (TPSA) is 27.7 Å². The predicted octanol–water partition coefficient (Wildman–Crippen LogP) is 6.82. The summed E-state index contributed by atoms with van der Waals surface area (Å²) < 4.78 is 18.9. The van der Waals surface area contributed by atoms with Gasteiger partial charge in [0.15, 0.2) is 0 Å². The molecule has 0 unspecified atom stereocenters. The Morgan fingerprint density at radius 3 is 2.19 bits per heavy atom. The first-order chi connectivity index (χ1) is 14.9. The Balaban J connectivity index is 1.30. The number of unbranched alkanes of at least 4 members (excludes halogenated alkanes) is 2. The molecule has 4 heteroatoms. The van der Waals surface area contributed by atoms with E-state index < -0.39 is 0 Å². The van der Waals surface area contributed by atoms with Gasteiger partial charge in [-0.1, -0.05) is 55.0 Å². The van der Waals surface area contributed by atoms with Crippen LogP contribution in [0.1, 0.15) is 76.8 Å². The number of ether oxygens (including phenoxy) is 1. The Hall–Kier alpha value is -1.78. The summed E-state index contributed by atoms with van der Waals surface area (Å²) in [6.07, 6.45) is 8.16. The molecule has 0 N–H and O–H groups in total. The Labute approximate surface area is 188 Å². The van der Waals surface area contributed by atoms with Crippen LogP contribution in [0.15, 0.2) is 54.6 Å². The fraction of sp³-hybridized carbons (Fsp3) is 0.556. The van der Waals surface area contributed by atoms with E-state index in [0.717, 1.165) is 31.3 Å². The summed E-state index contributed by atoms with van der Waals surface area (Å²) in [6.45, 7) is 8.50. The summed E-state index contributed by atoms with van der Waals surface area (Å²) in [5, 5.41) is 0. The number of benzene rings is 2. The molecule has 31 heavy (non-hydrogen) atoms. The molecule has 2 aliphatic rings. The molecule has 0 spiro atoms. The van der Waals surface area contributed by atoms with Gasteiger partial charge in [0.2, 0.25) is 0 Å². The van der Waals surface area contributed by atoms with Crippen molar-refractivity contribution in [1.82, 2.24) is 0 Å². The van der Waals surface area contributed by atoms with Crippen LogP contribution in [0, 0.1) is 0 Å². The van der Waals surface area contributed by atoms with E-state index in [0.29, 0.717) is 5.92 Å². The minimum absolute atomic E-state index is 0.135. The maximum atomic E-state index is 6.40. The Bertz CT molecular complexity index is 833. The zero-order valence-corrected chi connectivity index (χ0v) is 19.6. The van der Waals surface area contributed by atoms with Gasteiger partial charge in [-0.05, 0) is 77.7 Å². The molecule has 3 nitrogen and oxygen atoms in total. The van der Waals surface area contributed by atoms with E-state index in [-0.39, 0.29) is 24.4 Å². The maximum Gasteiger partial charge on any atom is 0.457 e. The second-order valence-corrected chi connectivity index (χ2v) is 10.1. The SMILES string of the molecule is CC1(C)OB(CC[C@@H]2c3ccccc3O[C@H]2CCCCCc2ccccc2)OC1(C)C. The molecule has 2 aromatic rings. The molecule has 2 aromatic carbocycles. The third kappa shape index (κ3) is 5.18. The van der Waals surface area contributed by atoms with Crippen molar-refractivity contribution in [3.63, 3.8) is 0 Å². The second-order valence-electron chi connectivity index (χ2n) is 10.1. The number of rotatable bonds is 9. The number of para-hydroxylation sites is 1. The van der Waals surface area contributed by atoms with E-state index in [4.69, 9.17) is 14.0 Å². The highest BCUT2D eigenvalue weighted by molar-refractivity contribution is 6.45. The standard InChI is InChI=1S/C27H37BO3/c1-26(2)27(3,4)31-28(30-26)20-19-23-22-16-11-12-18-24(22)29-25(23)17-10-6-9-15-21-13-7-5-8-14-21/h5,7-8,11-14,16,18,23,25H,6,9-10,15,17,19-20H2,1-4H3/t23-,25+/m1/s1. The van der Waals surface area contributed by atoms with E-state index >= 15 is 0 Å². The Kier molecular flexibility index (Phi) is 6.78. The molecule has 4 rings (SSSR count). The third-order valence-electron chi connectivity index (χ3n) is 7.36. The van der Waals surface area contributed by atoms with E-state index in [9.17, 15) is 0 Å². The zero-order valence-electron chi connectivity index (χ0n) is 19.6. The molecule has 0 bridgehead atoms. The van der Waals surface area contributed by atoms with Crippen LogP contribution >= 0.6 is 0 Å². The van der Waals surface area contributed by atoms with Gasteiger partial charge >= 0.3 is 7.12 Å². The summed E-state index contributed by atoms with van der Waals surface area (Å²) in [5.74, 6) is 1.49. The van der Waals surface area contributed by atoms with Crippen molar-refractivity contribution in [1.29, 1.82) is 0 Å². The van der Waals surface area contributed by atoms with Gasteiger partial charge in [0, 0.05) is 11.5 Å². The largest absolute Gasteiger partial charge is 0.489 e. The van der Waals surface area contributed by atoms with Crippen LogP contribution < -0.4 is 4.74 Å². The van der Waals surface area contributed by atoms with Crippen LogP contribution in [0.5, 0.6) is 5.75 Å². The molecule has 0 aliphatic carbocycles. The fourth-order valence-electron chi connectivity index (χ4n) is 4.84. The minimum atomic E-state index is -0.264. The Morgan fingerprint density at radius 1 is 0.774 bits per heavy atom. The first kappa shape index (κ1) is 22.4. The highest BCUT2D eigenvalue weighted by Crippen LogP contribution is 2.44. The number of hydrogen-bond donors (Lipinski definition) is 0. The quantitative estimate of drug-likeness (QED) is 0.329. The van der Waals surface area contributed by atoms with Crippen molar-refractivity contribution >= 4 is 7.12 Å². The average Bonchev–Trinajstić information content (AvgIpc) is 3.19. The van der Waals surface area contributed by atoms with Crippen LogP contribution in [0.25, 0.3) is 0 Å². The highest BCUT2D eigenvalue weighted by atomic mass is 16.7. The smallest absolute Gasteiger partial charge is 0.457 e. The van der Waals surface area contributed by atoms with Crippen molar-refractivity contribution in [3.05, 3.63) is 65.7 Å². The lowest BCUT2D eigenvalue weighted by Crippen LogP contribution is -2.41. The first-order valence-corrected chi connectivity index (χ1v) is 12.0. The van der Waals surface area contributed by atoms with Crippen molar-refractivity contribution in [2.75, 3.05) is 0 Å². The zero-order chi connectivity index (χ0) is 21.9. The molecule has 2 atom stereocenters. The van der Waals surface area contributed by atoms with Gasteiger partial charge in [-0.15, -0.1) is 0 Å². The van der Waals surface area contributed by atoms with E-state index in [1.54, 1.807) is 0 Å². The lowest BCUT2D eigenvalue weighted by molar-refractivity contribution is 0.00578. The van der Waals surface area contributed by atoms with Gasteiger partial charge in [-0.3, -0.25) is 0 Å². The number of aryl methyl sites for hydroxylation is 1. The van der Waals surface area contributed by atoms with Crippen molar-refractivity contribution in [2.45, 2.75) is 95.8 Å². The molecule has 0 radical (unpaired) electrons. The molecule has 0 aromatic heterocycles. The maximum absolute atomic E-state index is 6.40. The van der Waals surface area contributed by atoms with Gasteiger partial charge in [0.05, 0.1) is 11.2 Å². The number of fused-ring (bicyclic) bond motifs is 1. The number of hydrogen-bond acceptors (Lipinski definition) is 3. The summed E-state index contributed by atoms with van der Waals surface area (Å²) in [4.78, 5) is 0. The molecule has 2 heterocycles. The van der Waals surface area contributed by atoms with Crippen LogP contribution in [0.3, 0.4) is 0 Å². The van der Waals surface area contributed by atoms with Crippen LogP contribution in [0.2, 0.25) is 6.32 Å². The Morgan fingerprint density at radius 2 is 1.45 bits per heavy atom. The van der Waals surface area contributed by atoms with Gasteiger partial charge in [-0.2, -0.15) is 0 Å². The summed E-state index contributed by atoms with van der Waals surface area (Å²) in [7, 11) is -0.135. The van der Waals surface area contributed by atoms with Gasteiger partial charge in [-0.25, -0.2) is 0 Å². The van der Waals surface area contributed by atoms with E-state index in [1.165, 1.54) is 30.4 Å². The minimum Gasteiger partial charge on any atom is -0.489 e. The summed E-state index contributed by atoms with van der Waals surface area (Å²) in [6, 6.07) is 19.4. The van der Waals surface area contributed by atoms with Crippen molar-refractivity contribution < 1.29 is 14.0 Å². The first-order valence-electron chi connectivity index (χ1n) is 12.0. The monoisotopic (exact) mass is 420 g/mol. The summed E-state index contributed by atoms with van der Waals surface area (Å²) in [5.41, 5.74) is 2.26. The van der Waals surface area contributed by atoms with Gasteiger partial charge < -0.3 is 14.0 Å². The van der Waals surface area contributed by atoms with E-state index in [1.807, 2.05) is 0 Å². The van der Waals surface area contributed by atoms with Crippen LogP contribution in [-0.4, -0.2) is 24.4 Å². The molecule has 0 saturated carbocycles. The summed E-state index contributed by atoms with van der Waals surface area (Å²) >= 11 is 0. The lowest BCUT2D eigenvalue weighted by atomic mass is 9.76. The molecular weight excluding hydrogens is 383 g/mol. The predicted molar refractivity (Wildman–Crippen MR) is 128 cm³/mol. The van der Waals surface area contributed by atoms with Crippen LogP contribution in [0.4, 0.5) is 0 Å². The lowest BCUT2D eigenvalue weighted by Gasteiger charge is -2.32. The normalized spacial score (nSPS) is 23.5. The molecule has 2 aliphatic heterocycles. The second kappa shape index (κ2) is 9.38. The third-order valence-corrected chi connectivity index (χ3v) is 7.36. The fourth-order valence-corrected chi connectivity index (χ4v) is 4.84. The van der Waals surface area contributed by atoms with E-state index in [2.05, 4.69) is 82.3 Å². The molecule has 1 saturated heterocycles. The van der Waals surface area contributed by atoms with Crippen molar-refractivity contribution in [2.24, 2.45) is 0 Å². The average molecular weight is 420 g/mol. The highest BCUT2D eigenvalue weighted by Gasteiger charge is 2.51. The molecule has 1 fully saturated rings. The molecule has 0 amide bonds. The van der Waals surface area contributed by atoms with Crippen molar-refractivity contribution in [3.8, 4) is 5.75 Å². The van der Waals surface area contributed by atoms with Gasteiger partial charge in [0.25, 0.3) is 0 Å². The molecular formula is C27H37BO3. The van der Waals surface area contributed by atoms with Crippen LogP contribution in [-0.2, 0) is 15.7 Å². The molecule has 166 valence electrons.